The Labute approximate surface area is 60.3 Å². The molecule has 1 amide bonds. The molecular formula is C6H14NO3+. The first-order valence-electron chi connectivity index (χ1n) is 3.04. The summed E-state index contributed by atoms with van der Waals surface area (Å²) in [4.78, 5) is 11.0. The van der Waals surface area contributed by atoms with Crippen LogP contribution in [0.1, 0.15) is 0 Å². The minimum Gasteiger partial charge on any atom is -0.393 e. The second kappa shape index (κ2) is 3.09. The Hall–Kier alpha value is -0.450. The average Bonchev–Trinajstić information content (AvgIpc) is 1.83. The summed E-state index contributed by atoms with van der Waals surface area (Å²) in [6.07, 6.45) is -1.25. The number of likely N-dealkylation sites (N-methyl/N-ethyl adjacent to an activating group) is 1. The molecule has 0 aliphatic rings. The summed E-state index contributed by atoms with van der Waals surface area (Å²) in [6.45, 7) is -0.506. The van der Waals surface area contributed by atoms with Gasteiger partial charge in [-0.25, -0.2) is 4.79 Å². The first-order chi connectivity index (χ1) is 4.39. The SMILES string of the molecule is C[N+](C)(C)C(=O)C(O)CO. The largest absolute Gasteiger partial charge is 0.393 e. The summed E-state index contributed by atoms with van der Waals surface area (Å²) in [6, 6.07) is 0. The number of hydrogen-bond donors (Lipinski definition) is 2. The molecule has 0 aliphatic heterocycles. The Kier molecular flexibility index (Phi) is 2.96. The summed E-state index contributed by atoms with van der Waals surface area (Å²) >= 11 is 0. The standard InChI is InChI=1S/C6H14NO3/c1-7(2,3)6(10)5(9)4-8/h5,8-9H,4H2,1-3H3/q+1. The molecule has 10 heavy (non-hydrogen) atoms. The van der Waals surface area contributed by atoms with Crippen LogP contribution in [0.25, 0.3) is 0 Å². The molecule has 4 heteroatoms. The molecule has 0 bridgehead atoms. The number of amides is 1. The molecule has 0 aromatic rings. The maximum absolute atomic E-state index is 11.0. The van der Waals surface area contributed by atoms with Gasteiger partial charge in [0.15, 0.2) is 6.10 Å². The Morgan fingerprint density at radius 2 is 1.90 bits per heavy atom. The van der Waals surface area contributed by atoms with Crippen molar-refractivity contribution < 1.29 is 19.5 Å². The van der Waals surface area contributed by atoms with Crippen LogP contribution in [0.2, 0.25) is 0 Å². The van der Waals surface area contributed by atoms with Gasteiger partial charge in [-0.05, 0) is 0 Å². The molecule has 0 fully saturated rings. The van der Waals surface area contributed by atoms with Gasteiger partial charge in [0.05, 0.1) is 27.7 Å². The lowest BCUT2D eigenvalue weighted by molar-refractivity contribution is -0.794. The fourth-order valence-corrected chi connectivity index (χ4v) is 0.525. The second-order valence-electron chi connectivity index (χ2n) is 3.05. The third-order valence-corrected chi connectivity index (χ3v) is 1.12. The quantitative estimate of drug-likeness (QED) is 0.472. The van der Waals surface area contributed by atoms with Crippen LogP contribution in [-0.4, -0.2) is 54.5 Å². The van der Waals surface area contributed by atoms with Gasteiger partial charge in [-0.15, -0.1) is 0 Å². The van der Waals surface area contributed by atoms with E-state index in [0.29, 0.717) is 0 Å². The van der Waals surface area contributed by atoms with Crippen LogP contribution < -0.4 is 0 Å². The van der Waals surface area contributed by atoms with Crippen molar-refractivity contribution in [3.8, 4) is 0 Å². The molecule has 4 nitrogen and oxygen atoms in total. The minimum atomic E-state index is -1.25. The zero-order chi connectivity index (χ0) is 8.36. The van der Waals surface area contributed by atoms with E-state index < -0.39 is 12.7 Å². The molecule has 1 atom stereocenters. The van der Waals surface area contributed by atoms with Gasteiger partial charge in [0, 0.05) is 0 Å². The number of quaternary nitrogens is 1. The second-order valence-corrected chi connectivity index (χ2v) is 3.05. The maximum atomic E-state index is 11.0. The summed E-state index contributed by atoms with van der Waals surface area (Å²) in [7, 11) is 4.92. The highest BCUT2D eigenvalue weighted by atomic mass is 16.3. The van der Waals surface area contributed by atoms with Crippen LogP contribution in [0.15, 0.2) is 0 Å². The van der Waals surface area contributed by atoms with Crippen molar-refractivity contribution in [3.05, 3.63) is 0 Å². The third kappa shape index (κ3) is 2.43. The Balaban J connectivity index is 4.09. The molecule has 0 aliphatic carbocycles. The maximum Gasteiger partial charge on any atom is 0.344 e. The van der Waals surface area contributed by atoms with Crippen LogP contribution in [0, 0.1) is 0 Å². The van der Waals surface area contributed by atoms with Gasteiger partial charge in [0.2, 0.25) is 0 Å². The summed E-state index contributed by atoms with van der Waals surface area (Å²) in [5.74, 6) is -0.387. The van der Waals surface area contributed by atoms with E-state index in [2.05, 4.69) is 0 Å². The van der Waals surface area contributed by atoms with Crippen molar-refractivity contribution >= 4 is 5.91 Å². The van der Waals surface area contributed by atoms with Crippen LogP contribution in [0.4, 0.5) is 0 Å². The van der Waals surface area contributed by atoms with Crippen LogP contribution >= 0.6 is 0 Å². The van der Waals surface area contributed by atoms with Crippen LogP contribution in [-0.2, 0) is 4.79 Å². The van der Waals surface area contributed by atoms with Crippen LogP contribution in [0.5, 0.6) is 0 Å². The van der Waals surface area contributed by atoms with Gasteiger partial charge in [-0.1, -0.05) is 0 Å². The van der Waals surface area contributed by atoms with Gasteiger partial charge in [0.1, 0.15) is 0 Å². The topological polar surface area (TPSA) is 57.5 Å². The van der Waals surface area contributed by atoms with Crippen LogP contribution in [0.3, 0.4) is 0 Å². The highest BCUT2D eigenvalue weighted by molar-refractivity contribution is 5.73. The lowest BCUT2D eigenvalue weighted by Gasteiger charge is -2.22. The smallest absolute Gasteiger partial charge is 0.344 e. The van der Waals surface area contributed by atoms with Crippen molar-refractivity contribution in [3.63, 3.8) is 0 Å². The first kappa shape index (κ1) is 9.55. The number of carbonyl (C=O) groups excluding carboxylic acids is 1. The molecule has 60 valence electrons. The highest BCUT2D eigenvalue weighted by Crippen LogP contribution is 1.96. The normalized spacial score (nSPS) is 14.9. The average molecular weight is 148 g/mol. The lowest BCUT2D eigenvalue weighted by atomic mass is 10.3. The molecule has 0 aromatic heterocycles. The molecule has 0 heterocycles. The van der Waals surface area contributed by atoms with Gasteiger partial charge >= 0.3 is 5.91 Å². The molecule has 0 spiro atoms. The molecule has 0 aromatic carbocycles. The number of aliphatic hydroxyl groups excluding tert-OH is 2. The predicted octanol–water partition coefficient (Wildman–Crippen LogP) is -1.43. The van der Waals surface area contributed by atoms with E-state index in [0.717, 1.165) is 0 Å². The number of hydrogen-bond acceptors (Lipinski definition) is 3. The molecule has 1 unspecified atom stereocenters. The first-order valence-corrected chi connectivity index (χ1v) is 3.04. The number of carbonyl (C=O) groups is 1. The van der Waals surface area contributed by atoms with Crippen molar-refractivity contribution in [2.45, 2.75) is 6.10 Å². The minimum absolute atomic E-state index is 0.0295. The lowest BCUT2D eigenvalue weighted by Crippen LogP contribution is -2.48. The van der Waals surface area contributed by atoms with E-state index in [1.807, 2.05) is 0 Å². The number of aliphatic hydroxyl groups is 2. The zero-order valence-corrected chi connectivity index (χ0v) is 6.53. The Bertz CT molecular complexity index is 127. The summed E-state index contributed by atoms with van der Waals surface area (Å²) in [5.41, 5.74) is 0. The molecule has 0 rings (SSSR count). The third-order valence-electron chi connectivity index (χ3n) is 1.12. The predicted molar refractivity (Wildman–Crippen MR) is 36.1 cm³/mol. The molecule has 0 radical (unpaired) electrons. The van der Waals surface area contributed by atoms with Crippen molar-refractivity contribution in [1.29, 1.82) is 0 Å². The van der Waals surface area contributed by atoms with E-state index in [4.69, 9.17) is 10.2 Å². The van der Waals surface area contributed by atoms with Gasteiger partial charge in [0.25, 0.3) is 0 Å². The van der Waals surface area contributed by atoms with Crippen molar-refractivity contribution in [2.24, 2.45) is 0 Å². The van der Waals surface area contributed by atoms with E-state index in [1.165, 1.54) is 0 Å². The molecule has 0 saturated carbocycles. The van der Waals surface area contributed by atoms with Gasteiger partial charge < -0.3 is 10.2 Å². The fraction of sp³-hybridized carbons (Fsp3) is 0.833. The highest BCUT2D eigenvalue weighted by Gasteiger charge is 2.27. The monoisotopic (exact) mass is 148 g/mol. The van der Waals surface area contributed by atoms with Gasteiger partial charge in [-0.3, -0.25) is 4.48 Å². The Morgan fingerprint density at radius 1 is 1.50 bits per heavy atom. The number of nitrogens with zero attached hydrogens (tertiary/aromatic N) is 1. The molecular weight excluding hydrogens is 134 g/mol. The van der Waals surface area contributed by atoms with Gasteiger partial charge in [-0.2, -0.15) is 0 Å². The summed E-state index contributed by atoms with van der Waals surface area (Å²) in [5, 5.41) is 17.2. The van der Waals surface area contributed by atoms with Crippen molar-refractivity contribution in [1.82, 2.24) is 0 Å². The summed E-state index contributed by atoms with van der Waals surface area (Å²) < 4.78 is 0.0295. The van der Waals surface area contributed by atoms with E-state index in [1.54, 1.807) is 21.1 Å². The zero-order valence-electron chi connectivity index (χ0n) is 6.53. The van der Waals surface area contributed by atoms with Crippen molar-refractivity contribution in [2.75, 3.05) is 27.7 Å². The molecule has 2 N–H and O–H groups in total. The van der Waals surface area contributed by atoms with E-state index in [9.17, 15) is 4.79 Å². The molecule has 0 saturated heterocycles. The Morgan fingerprint density at radius 3 is 2.00 bits per heavy atom. The van der Waals surface area contributed by atoms with E-state index >= 15 is 0 Å². The number of rotatable bonds is 2. The fourth-order valence-electron chi connectivity index (χ4n) is 0.525. The van der Waals surface area contributed by atoms with E-state index in [-0.39, 0.29) is 10.4 Å².